The van der Waals surface area contributed by atoms with Crippen LogP contribution in [0.2, 0.25) is 0 Å². The number of anilines is 2. The fourth-order valence-electron chi connectivity index (χ4n) is 3.29. The molecule has 0 saturated carbocycles. The molecule has 0 aromatic heterocycles. The van der Waals surface area contributed by atoms with Crippen molar-refractivity contribution in [1.29, 1.82) is 0 Å². The molecular weight excluding hydrogens is 461 g/mol. The molecule has 0 unspecified atom stereocenters. The van der Waals surface area contributed by atoms with Gasteiger partial charge in [-0.05, 0) is 55.0 Å². The maximum atomic E-state index is 13.9. The van der Waals surface area contributed by atoms with Crippen LogP contribution in [0.4, 0.5) is 24.5 Å². The van der Waals surface area contributed by atoms with Gasteiger partial charge in [0.2, 0.25) is 11.8 Å². The van der Waals surface area contributed by atoms with Crippen molar-refractivity contribution in [2.75, 3.05) is 16.4 Å². The average Bonchev–Trinajstić information content (AvgIpc) is 2.78. The predicted molar refractivity (Wildman–Crippen MR) is 130 cm³/mol. The van der Waals surface area contributed by atoms with Gasteiger partial charge in [0.15, 0.2) is 11.6 Å². The molecule has 2 N–H and O–H groups in total. The highest BCUT2D eigenvalue weighted by Gasteiger charge is 2.31. The number of halogens is 3. The van der Waals surface area contributed by atoms with E-state index in [1.807, 2.05) is 24.3 Å². The molecular formula is C26H25F3N2O2S. The summed E-state index contributed by atoms with van der Waals surface area (Å²) in [6.45, 7) is 5.27. The summed E-state index contributed by atoms with van der Waals surface area (Å²) in [6, 6.07) is 15.5. The number of rotatable bonds is 8. The van der Waals surface area contributed by atoms with Gasteiger partial charge in [-0.25, -0.2) is 13.2 Å². The minimum absolute atomic E-state index is 0.178. The van der Waals surface area contributed by atoms with Crippen LogP contribution in [0.3, 0.4) is 0 Å². The predicted octanol–water partition coefficient (Wildman–Crippen LogP) is 6.31. The summed E-state index contributed by atoms with van der Waals surface area (Å²) in [7, 11) is 0. The summed E-state index contributed by atoms with van der Waals surface area (Å²) >= 11 is 1.73. The van der Waals surface area contributed by atoms with E-state index in [-0.39, 0.29) is 12.3 Å². The van der Waals surface area contributed by atoms with Crippen molar-refractivity contribution in [2.45, 2.75) is 37.5 Å². The Morgan fingerprint density at radius 3 is 2.03 bits per heavy atom. The summed E-state index contributed by atoms with van der Waals surface area (Å²) in [6.07, 6.45) is 0.224. The highest BCUT2D eigenvalue weighted by atomic mass is 32.2. The Hall–Kier alpha value is -3.26. The van der Waals surface area contributed by atoms with E-state index in [1.54, 1.807) is 49.9 Å². The molecule has 0 aliphatic carbocycles. The number of nitrogens with one attached hydrogen (secondary N) is 2. The zero-order valence-corrected chi connectivity index (χ0v) is 19.9. The minimum atomic E-state index is -1.20. The van der Waals surface area contributed by atoms with Gasteiger partial charge in [0.25, 0.3) is 0 Å². The van der Waals surface area contributed by atoms with Gasteiger partial charge in [-0.1, -0.05) is 31.2 Å². The van der Waals surface area contributed by atoms with E-state index in [2.05, 4.69) is 17.6 Å². The number of carbonyl (C=O) groups is 2. The first-order valence-electron chi connectivity index (χ1n) is 10.7. The maximum Gasteiger partial charge on any atom is 0.234 e. The fraction of sp³-hybridized carbons (Fsp3) is 0.231. The van der Waals surface area contributed by atoms with E-state index in [9.17, 15) is 22.8 Å². The molecule has 3 aromatic rings. The molecule has 0 radical (unpaired) electrons. The van der Waals surface area contributed by atoms with Gasteiger partial charge in [-0.2, -0.15) is 0 Å². The maximum absolute atomic E-state index is 13.9. The molecule has 0 aliphatic rings. The molecule has 0 atom stereocenters. The Kier molecular flexibility index (Phi) is 8.04. The molecule has 0 bridgehead atoms. The average molecular weight is 487 g/mol. The lowest BCUT2D eigenvalue weighted by atomic mass is 9.83. The van der Waals surface area contributed by atoms with E-state index < -0.39 is 34.5 Å². The zero-order valence-electron chi connectivity index (χ0n) is 19.0. The molecule has 0 aliphatic heterocycles. The molecule has 178 valence electrons. The molecule has 0 fully saturated rings. The van der Waals surface area contributed by atoms with Gasteiger partial charge in [0.05, 0.1) is 11.8 Å². The second-order valence-electron chi connectivity index (χ2n) is 8.20. The molecule has 3 aromatic carbocycles. The van der Waals surface area contributed by atoms with Crippen LogP contribution in [-0.2, 0) is 21.4 Å². The van der Waals surface area contributed by atoms with E-state index in [1.165, 1.54) is 0 Å². The highest BCUT2D eigenvalue weighted by molar-refractivity contribution is 7.99. The Bertz CT molecular complexity index is 1160. The third-order valence-electron chi connectivity index (χ3n) is 5.30. The first kappa shape index (κ1) is 25.4. The van der Waals surface area contributed by atoms with Crippen molar-refractivity contribution in [1.82, 2.24) is 0 Å². The first-order chi connectivity index (χ1) is 16.1. The second kappa shape index (κ2) is 10.8. The van der Waals surface area contributed by atoms with Crippen molar-refractivity contribution in [3.8, 4) is 0 Å². The lowest BCUT2D eigenvalue weighted by Gasteiger charge is -2.25. The summed E-state index contributed by atoms with van der Waals surface area (Å²) in [5, 5.41) is 5.02. The topological polar surface area (TPSA) is 58.2 Å². The summed E-state index contributed by atoms with van der Waals surface area (Å²) in [5.74, 6) is -3.33. The van der Waals surface area contributed by atoms with Crippen molar-refractivity contribution >= 4 is 35.0 Å². The fourth-order valence-corrected chi connectivity index (χ4v) is 3.96. The van der Waals surface area contributed by atoms with Crippen LogP contribution in [0.15, 0.2) is 65.6 Å². The van der Waals surface area contributed by atoms with Crippen molar-refractivity contribution in [3.05, 3.63) is 89.2 Å². The van der Waals surface area contributed by atoms with Crippen molar-refractivity contribution < 1.29 is 22.8 Å². The molecule has 2 amide bonds. The molecule has 0 heterocycles. The van der Waals surface area contributed by atoms with Gasteiger partial charge in [-0.15, -0.1) is 11.8 Å². The van der Waals surface area contributed by atoms with Crippen LogP contribution in [0.25, 0.3) is 0 Å². The van der Waals surface area contributed by atoms with Gasteiger partial charge in [-0.3, -0.25) is 9.59 Å². The lowest BCUT2D eigenvalue weighted by molar-refractivity contribution is -0.120. The Morgan fingerprint density at radius 2 is 1.47 bits per heavy atom. The molecule has 0 saturated heterocycles. The molecule has 3 rings (SSSR count). The number of thioether (sulfide) groups is 1. The van der Waals surface area contributed by atoms with Crippen LogP contribution >= 0.6 is 11.8 Å². The van der Waals surface area contributed by atoms with Gasteiger partial charge >= 0.3 is 0 Å². The molecule has 4 nitrogen and oxygen atoms in total. The van der Waals surface area contributed by atoms with E-state index in [4.69, 9.17) is 0 Å². The highest BCUT2D eigenvalue weighted by Crippen LogP contribution is 2.28. The summed E-state index contributed by atoms with van der Waals surface area (Å²) in [5.41, 5.74) is 0.152. The van der Waals surface area contributed by atoms with Crippen LogP contribution < -0.4 is 10.6 Å². The SMILES string of the molecule is CCSc1ccc(CC(=O)Nc2ccc(C(C)(C)C(=O)Nc3c(F)cc(F)cc3F)cc2)cc1. The van der Waals surface area contributed by atoms with Crippen LogP contribution in [-0.4, -0.2) is 17.6 Å². The van der Waals surface area contributed by atoms with E-state index in [0.29, 0.717) is 23.4 Å². The normalized spacial score (nSPS) is 11.2. The van der Waals surface area contributed by atoms with E-state index >= 15 is 0 Å². The lowest BCUT2D eigenvalue weighted by Crippen LogP contribution is -2.35. The van der Waals surface area contributed by atoms with Crippen LogP contribution in [0.5, 0.6) is 0 Å². The summed E-state index contributed by atoms with van der Waals surface area (Å²) < 4.78 is 40.9. The van der Waals surface area contributed by atoms with Crippen LogP contribution in [0.1, 0.15) is 31.9 Å². The first-order valence-corrected chi connectivity index (χ1v) is 11.7. The van der Waals surface area contributed by atoms with Crippen molar-refractivity contribution in [2.24, 2.45) is 0 Å². The Labute approximate surface area is 201 Å². The number of benzene rings is 3. The van der Waals surface area contributed by atoms with Crippen molar-refractivity contribution in [3.63, 3.8) is 0 Å². The quantitative estimate of drug-likeness (QED) is 0.367. The Morgan fingerprint density at radius 1 is 0.882 bits per heavy atom. The smallest absolute Gasteiger partial charge is 0.234 e. The third kappa shape index (κ3) is 6.20. The van der Waals surface area contributed by atoms with Crippen LogP contribution in [0, 0.1) is 17.5 Å². The molecule has 0 spiro atoms. The second-order valence-corrected chi connectivity index (χ2v) is 9.54. The van der Waals surface area contributed by atoms with E-state index in [0.717, 1.165) is 16.2 Å². The van der Waals surface area contributed by atoms with Gasteiger partial charge in [0.1, 0.15) is 11.5 Å². The standard InChI is InChI=1S/C26H25F3N2O2S/c1-4-34-20-11-5-16(6-12-20)13-23(32)30-19-9-7-17(8-10-19)26(2,3)25(33)31-24-21(28)14-18(27)15-22(24)29/h5-12,14-15H,4,13H2,1-3H3,(H,30,32)(H,31,33). The molecule has 34 heavy (non-hydrogen) atoms. The number of carbonyl (C=O) groups excluding carboxylic acids is 2. The number of hydrogen-bond acceptors (Lipinski definition) is 3. The zero-order chi connectivity index (χ0) is 24.9. The third-order valence-corrected chi connectivity index (χ3v) is 6.20. The Balaban J connectivity index is 1.64. The molecule has 8 heteroatoms. The monoisotopic (exact) mass is 486 g/mol. The minimum Gasteiger partial charge on any atom is -0.326 e. The van der Waals surface area contributed by atoms with Gasteiger partial charge in [0, 0.05) is 22.7 Å². The summed E-state index contributed by atoms with van der Waals surface area (Å²) in [4.78, 5) is 26.3. The number of amides is 2. The van der Waals surface area contributed by atoms with Gasteiger partial charge < -0.3 is 10.6 Å². The number of hydrogen-bond donors (Lipinski definition) is 2. The largest absolute Gasteiger partial charge is 0.326 e.